The fourth-order valence-corrected chi connectivity index (χ4v) is 2.97. The number of para-hydroxylation sites is 2. The van der Waals surface area contributed by atoms with E-state index in [0.717, 1.165) is 0 Å². The Morgan fingerprint density at radius 3 is 2.72 bits per heavy atom. The van der Waals surface area contributed by atoms with E-state index >= 15 is 0 Å². The molecule has 0 aliphatic rings. The van der Waals surface area contributed by atoms with Gasteiger partial charge >= 0.3 is 0 Å². The fourth-order valence-electron chi connectivity index (χ4n) is 2.39. The van der Waals surface area contributed by atoms with Crippen LogP contribution >= 0.6 is 27.5 Å². The smallest absolute Gasteiger partial charge is 0.292 e. The highest BCUT2D eigenvalue weighted by Gasteiger charge is 2.20. The summed E-state index contributed by atoms with van der Waals surface area (Å²) in [6.07, 6.45) is 1.50. The number of aromatic nitrogens is 3. The number of nitro benzene ring substituents is 1. The van der Waals surface area contributed by atoms with Gasteiger partial charge in [0.1, 0.15) is 16.0 Å². The second kappa shape index (κ2) is 8.80. The zero-order valence-corrected chi connectivity index (χ0v) is 16.8. The molecular formula is C17H12BrClN6O4. The molecule has 2 aromatic heterocycles. The van der Waals surface area contributed by atoms with E-state index in [9.17, 15) is 19.7 Å². The monoisotopic (exact) mass is 478 g/mol. The van der Waals surface area contributed by atoms with Crippen molar-refractivity contribution in [3.05, 3.63) is 74.1 Å². The van der Waals surface area contributed by atoms with Gasteiger partial charge in [-0.15, -0.1) is 0 Å². The van der Waals surface area contributed by atoms with Crippen molar-refractivity contribution < 1.29 is 14.5 Å². The van der Waals surface area contributed by atoms with Crippen molar-refractivity contribution in [1.82, 2.24) is 20.1 Å². The Labute approximate surface area is 177 Å². The molecule has 10 nitrogen and oxygen atoms in total. The molecule has 0 radical (unpaired) electrons. The molecule has 0 aliphatic heterocycles. The Kier molecular flexibility index (Phi) is 6.20. The van der Waals surface area contributed by atoms with E-state index in [1.54, 1.807) is 18.2 Å². The van der Waals surface area contributed by atoms with Crippen LogP contribution in [-0.2, 0) is 4.79 Å². The molecule has 3 aromatic rings. The van der Waals surface area contributed by atoms with E-state index in [-0.39, 0.29) is 27.9 Å². The standard InChI is InChI=1S/C17H12BrClN6O4/c18-14-8-13(24(23-14)16-10(19)4-3-7-20-16)17(27)21-9-15(26)22-11-5-1-2-6-12(11)25(28)29/h1-8H,9H2,(H,21,27)(H,22,26). The summed E-state index contributed by atoms with van der Waals surface area (Å²) in [5.74, 6) is -0.995. The summed E-state index contributed by atoms with van der Waals surface area (Å²) >= 11 is 9.31. The molecular weight excluding hydrogens is 468 g/mol. The van der Waals surface area contributed by atoms with E-state index in [1.165, 1.54) is 35.1 Å². The maximum Gasteiger partial charge on any atom is 0.292 e. The van der Waals surface area contributed by atoms with Crippen molar-refractivity contribution >= 4 is 50.7 Å². The summed E-state index contributed by atoms with van der Waals surface area (Å²) in [6, 6.07) is 10.4. The van der Waals surface area contributed by atoms with Crippen molar-refractivity contribution in [3.63, 3.8) is 0 Å². The molecule has 2 N–H and O–H groups in total. The SMILES string of the molecule is O=C(CNC(=O)c1cc(Br)nn1-c1ncccc1Cl)Nc1ccccc1[N+](=O)[O-]. The topological polar surface area (TPSA) is 132 Å². The Morgan fingerprint density at radius 2 is 2.00 bits per heavy atom. The number of amides is 2. The van der Waals surface area contributed by atoms with Crippen molar-refractivity contribution in [2.45, 2.75) is 0 Å². The first-order chi connectivity index (χ1) is 13.9. The van der Waals surface area contributed by atoms with Gasteiger partial charge in [0.05, 0.1) is 16.5 Å². The number of carbonyl (C=O) groups is 2. The van der Waals surface area contributed by atoms with Crippen LogP contribution in [0.25, 0.3) is 5.82 Å². The van der Waals surface area contributed by atoms with Crippen molar-refractivity contribution in [1.29, 1.82) is 0 Å². The van der Waals surface area contributed by atoms with Crippen LogP contribution in [0, 0.1) is 10.1 Å². The van der Waals surface area contributed by atoms with Gasteiger partial charge in [-0.1, -0.05) is 23.7 Å². The third-order valence-corrected chi connectivity index (χ3v) is 4.32. The first-order valence-corrected chi connectivity index (χ1v) is 9.22. The lowest BCUT2D eigenvalue weighted by Crippen LogP contribution is -2.34. The van der Waals surface area contributed by atoms with Gasteiger partial charge in [0.15, 0.2) is 5.82 Å². The lowest BCUT2D eigenvalue weighted by Gasteiger charge is -2.09. The highest BCUT2D eigenvalue weighted by atomic mass is 79.9. The van der Waals surface area contributed by atoms with Gasteiger partial charge in [0.2, 0.25) is 5.91 Å². The number of anilines is 1. The van der Waals surface area contributed by atoms with Gasteiger partial charge in [-0.25, -0.2) is 9.67 Å². The molecule has 1 aromatic carbocycles. The van der Waals surface area contributed by atoms with E-state index in [2.05, 4.69) is 36.6 Å². The van der Waals surface area contributed by atoms with Gasteiger partial charge in [-0.05, 0) is 34.1 Å². The van der Waals surface area contributed by atoms with Gasteiger partial charge < -0.3 is 10.6 Å². The highest BCUT2D eigenvalue weighted by Crippen LogP contribution is 2.23. The molecule has 2 heterocycles. The summed E-state index contributed by atoms with van der Waals surface area (Å²) in [5.41, 5.74) is -0.125. The molecule has 3 rings (SSSR count). The molecule has 0 saturated heterocycles. The van der Waals surface area contributed by atoms with Crippen LogP contribution in [0.2, 0.25) is 5.02 Å². The van der Waals surface area contributed by atoms with Crippen LogP contribution in [0.1, 0.15) is 10.5 Å². The molecule has 0 aliphatic carbocycles. The molecule has 0 atom stereocenters. The zero-order chi connectivity index (χ0) is 21.0. The van der Waals surface area contributed by atoms with Crippen LogP contribution in [-0.4, -0.2) is 38.0 Å². The molecule has 0 bridgehead atoms. The summed E-state index contributed by atoms with van der Waals surface area (Å²) in [5, 5.41) is 20.3. The van der Waals surface area contributed by atoms with Crippen LogP contribution in [0.15, 0.2) is 53.3 Å². The Balaban J connectivity index is 1.72. The van der Waals surface area contributed by atoms with Crippen molar-refractivity contribution in [2.75, 3.05) is 11.9 Å². The van der Waals surface area contributed by atoms with E-state index in [1.807, 2.05) is 0 Å². The number of pyridine rings is 1. The van der Waals surface area contributed by atoms with Gasteiger partial charge in [-0.3, -0.25) is 19.7 Å². The average molecular weight is 480 g/mol. The molecule has 0 saturated carbocycles. The molecule has 2 amide bonds. The summed E-state index contributed by atoms with van der Waals surface area (Å²) in [4.78, 5) is 39.2. The maximum absolute atomic E-state index is 12.5. The number of nitro groups is 1. The lowest BCUT2D eigenvalue weighted by atomic mass is 10.2. The van der Waals surface area contributed by atoms with Crippen molar-refractivity contribution in [2.24, 2.45) is 0 Å². The minimum absolute atomic E-state index is 0.0322. The van der Waals surface area contributed by atoms with Crippen molar-refractivity contribution in [3.8, 4) is 5.82 Å². The van der Waals surface area contributed by atoms with E-state index < -0.39 is 23.3 Å². The van der Waals surface area contributed by atoms with Gasteiger partial charge in [0, 0.05) is 18.3 Å². The maximum atomic E-state index is 12.5. The first-order valence-electron chi connectivity index (χ1n) is 8.04. The second-order valence-electron chi connectivity index (χ2n) is 5.58. The van der Waals surface area contributed by atoms with Crippen LogP contribution in [0.5, 0.6) is 0 Å². The number of halogens is 2. The number of hydrogen-bond acceptors (Lipinski definition) is 6. The molecule has 29 heavy (non-hydrogen) atoms. The molecule has 148 valence electrons. The summed E-state index contributed by atoms with van der Waals surface area (Å²) in [6.45, 7) is -0.413. The summed E-state index contributed by atoms with van der Waals surface area (Å²) in [7, 11) is 0. The molecule has 0 unspecified atom stereocenters. The molecule has 0 spiro atoms. The zero-order valence-electron chi connectivity index (χ0n) is 14.5. The normalized spacial score (nSPS) is 10.4. The number of rotatable bonds is 6. The second-order valence-corrected chi connectivity index (χ2v) is 6.80. The molecule has 12 heteroatoms. The van der Waals surface area contributed by atoms with E-state index in [4.69, 9.17) is 11.6 Å². The number of nitrogens with one attached hydrogen (secondary N) is 2. The Bertz CT molecular complexity index is 1100. The number of hydrogen-bond donors (Lipinski definition) is 2. The lowest BCUT2D eigenvalue weighted by molar-refractivity contribution is -0.383. The number of benzene rings is 1. The minimum Gasteiger partial charge on any atom is -0.342 e. The first kappa shape index (κ1) is 20.4. The third-order valence-electron chi connectivity index (χ3n) is 3.64. The van der Waals surface area contributed by atoms with Gasteiger partial charge in [0.25, 0.3) is 11.6 Å². The Hall–Kier alpha value is -3.31. The molecule has 0 fully saturated rings. The summed E-state index contributed by atoms with van der Waals surface area (Å²) < 4.78 is 1.61. The van der Waals surface area contributed by atoms with Crippen LogP contribution < -0.4 is 10.6 Å². The highest BCUT2D eigenvalue weighted by molar-refractivity contribution is 9.10. The quantitative estimate of drug-likeness (QED) is 0.413. The van der Waals surface area contributed by atoms with Crippen LogP contribution in [0.4, 0.5) is 11.4 Å². The average Bonchev–Trinajstić information content (AvgIpc) is 3.08. The number of carbonyl (C=O) groups excluding carboxylic acids is 2. The van der Waals surface area contributed by atoms with Gasteiger partial charge in [-0.2, -0.15) is 5.10 Å². The predicted octanol–water partition coefficient (Wildman–Crippen LogP) is 2.96. The Morgan fingerprint density at radius 1 is 1.24 bits per heavy atom. The van der Waals surface area contributed by atoms with Crippen LogP contribution in [0.3, 0.4) is 0 Å². The third kappa shape index (κ3) is 4.76. The number of nitrogens with zero attached hydrogens (tertiary/aromatic N) is 4. The largest absolute Gasteiger partial charge is 0.342 e. The minimum atomic E-state index is -0.631. The fraction of sp³-hybridized carbons (Fsp3) is 0.0588. The van der Waals surface area contributed by atoms with E-state index in [0.29, 0.717) is 4.60 Å². The predicted molar refractivity (Wildman–Crippen MR) is 108 cm³/mol.